The summed E-state index contributed by atoms with van der Waals surface area (Å²) in [4.78, 5) is 23.0. The molecule has 0 heterocycles. The smallest absolute Gasteiger partial charge is 0.220 e. The number of ketones is 1. The zero-order valence-electron chi connectivity index (χ0n) is 12.4. The first kappa shape index (κ1) is 14.5. The van der Waals surface area contributed by atoms with Crippen molar-refractivity contribution >= 4 is 11.7 Å². The maximum atomic E-state index is 11.8. The van der Waals surface area contributed by atoms with Gasteiger partial charge in [-0.2, -0.15) is 0 Å². The highest BCUT2D eigenvalue weighted by Gasteiger charge is 2.28. The van der Waals surface area contributed by atoms with Gasteiger partial charge in [0.1, 0.15) is 0 Å². The highest BCUT2D eigenvalue weighted by molar-refractivity contribution is 5.93. The standard InChI is InChI=1S/C19H19NO2/c21-18-12-11-17(18)20-19(22)13-8-14-6-9-16(10-7-14)15-4-2-1-3-5-15/h1-7,9-10,17H,8,11-13H2,(H,20,22)/t17-/m0/s1. The molecular formula is C19H19NO2. The van der Waals surface area contributed by atoms with Crippen LogP contribution in [0.3, 0.4) is 0 Å². The van der Waals surface area contributed by atoms with E-state index in [2.05, 4.69) is 41.7 Å². The molecule has 1 N–H and O–H groups in total. The Morgan fingerprint density at radius 3 is 2.27 bits per heavy atom. The SMILES string of the molecule is O=C(CCc1ccc(-c2ccccc2)cc1)N[C@H]1CCC1=O. The molecular weight excluding hydrogens is 274 g/mol. The molecule has 3 heteroatoms. The van der Waals surface area contributed by atoms with Gasteiger partial charge >= 0.3 is 0 Å². The van der Waals surface area contributed by atoms with Gasteiger partial charge in [0.15, 0.2) is 5.78 Å². The summed E-state index contributed by atoms with van der Waals surface area (Å²) < 4.78 is 0. The predicted octanol–water partition coefficient (Wildman–Crippen LogP) is 3.13. The fourth-order valence-electron chi connectivity index (χ4n) is 2.58. The fraction of sp³-hybridized carbons (Fsp3) is 0.263. The normalized spacial score (nSPS) is 16.9. The van der Waals surface area contributed by atoms with E-state index in [1.807, 2.05) is 18.2 Å². The van der Waals surface area contributed by atoms with E-state index in [1.54, 1.807) is 0 Å². The van der Waals surface area contributed by atoms with Crippen LogP contribution in [0, 0.1) is 0 Å². The van der Waals surface area contributed by atoms with Crippen molar-refractivity contribution in [3.8, 4) is 11.1 Å². The summed E-state index contributed by atoms with van der Waals surface area (Å²) in [6.45, 7) is 0. The largest absolute Gasteiger partial charge is 0.346 e. The monoisotopic (exact) mass is 293 g/mol. The van der Waals surface area contributed by atoms with Gasteiger partial charge in [0.2, 0.25) is 5.91 Å². The molecule has 1 fully saturated rings. The molecule has 0 spiro atoms. The number of aryl methyl sites for hydroxylation is 1. The summed E-state index contributed by atoms with van der Waals surface area (Å²) in [5, 5.41) is 2.79. The van der Waals surface area contributed by atoms with Crippen LogP contribution in [0.2, 0.25) is 0 Å². The number of carbonyl (C=O) groups excluding carboxylic acids is 2. The number of amides is 1. The summed E-state index contributed by atoms with van der Waals surface area (Å²) in [5.74, 6) is 0.116. The molecule has 1 atom stereocenters. The second-order valence-corrected chi connectivity index (χ2v) is 5.69. The van der Waals surface area contributed by atoms with Crippen LogP contribution in [0.5, 0.6) is 0 Å². The van der Waals surface area contributed by atoms with Crippen molar-refractivity contribution in [2.24, 2.45) is 0 Å². The van der Waals surface area contributed by atoms with Crippen LogP contribution in [-0.4, -0.2) is 17.7 Å². The topological polar surface area (TPSA) is 46.2 Å². The van der Waals surface area contributed by atoms with Crippen LogP contribution in [0.4, 0.5) is 0 Å². The maximum absolute atomic E-state index is 11.8. The molecule has 1 amide bonds. The minimum atomic E-state index is -0.229. The summed E-state index contributed by atoms with van der Waals surface area (Å²) in [6, 6.07) is 18.3. The number of nitrogens with one attached hydrogen (secondary N) is 1. The van der Waals surface area contributed by atoms with Crippen molar-refractivity contribution < 1.29 is 9.59 Å². The molecule has 0 aromatic heterocycles. The number of hydrogen-bond donors (Lipinski definition) is 1. The van der Waals surface area contributed by atoms with Gasteiger partial charge in [-0.1, -0.05) is 54.6 Å². The molecule has 0 radical (unpaired) electrons. The van der Waals surface area contributed by atoms with Gasteiger partial charge in [-0.05, 0) is 29.5 Å². The van der Waals surface area contributed by atoms with Crippen LogP contribution >= 0.6 is 0 Å². The Kier molecular flexibility index (Phi) is 4.33. The summed E-state index contributed by atoms with van der Waals surface area (Å²) in [6.07, 6.45) is 2.51. The van der Waals surface area contributed by atoms with Gasteiger partial charge in [0.25, 0.3) is 0 Å². The predicted molar refractivity (Wildman–Crippen MR) is 86.4 cm³/mol. The van der Waals surface area contributed by atoms with Crippen LogP contribution in [-0.2, 0) is 16.0 Å². The lowest BCUT2D eigenvalue weighted by Gasteiger charge is -2.24. The van der Waals surface area contributed by atoms with Crippen LogP contribution in [0.25, 0.3) is 11.1 Å². The Morgan fingerprint density at radius 1 is 1.00 bits per heavy atom. The minimum Gasteiger partial charge on any atom is -0.346 e. The molecule has 1 aliphatic carbocycles. The Bertz CT molecular complexity index is 662. The molecule has 112 valence electrons. The highest BCUT2D eigenvalue weighted by atomic mass is 16.2. The Labute approximate surface area is 130 Å². The highest BCUT2D eigenvalue weighted by Crippen LogP contribution is 2.20. The van der Waals surface area contributed by atoms with Gasteiger partial charge < -0.3 is 5.32 Å². The Morgan fingerprint density at radius 2 is 1.68 bits per heavy atom. The van der Waals surface area contributed by atoms with Gasteiger partial charge in [-0.15, -0.1) is 0 Å². The molecule has 3 nitrogen and oxygen atoms in total. The Balaban J connectivity index is 1.53. The summed E-state index contributed by atoms with van der Waals surface area (Å²) in [5.41, 5.74) is 3.50. The lowest BCUT2D eigenvalue weighted by atomic mass is 9.91. The average Bonchev–Trinajstić information content (AvgIpc) is 2.58. The average molecular weight is 293 g/mol. The van der Waals surface area contributed by atoms with E-state index in [4.69, 9.17) is 0 Å². The number of carbonyl (C=O) groups is 2. The third-order valence-corrected chi connectivity index (χ3v) is 4.11. The van der Waals surface area contributed by atoms with Crippen molar-refractivity contribution in [2.45, 2.75) is 31.7 Å². The van der Waals surface area contributed by atoms with E-state index in [0.717, 1.165) is 12.0 Å². The lowest BCUT2D eigenvalue weighted by Crippen LogP contribution is -2.47. The van der Waals surface area contributed by atoms with Crippen molar-refractivity contribution in [1.82, 2.24) is 5.32 Å². The number of benzene rings is 2. The minimum absolute atomic E-state index is 0.0369. The first-order valence-electron chi connectivity index (χ1n) is 7.69. The lowest BCUT2D eigenvalue weighted by molar-refractivity contribution is -0.132. The molecule has 0 saturated heterocycles. The van der Waals surface area contributed by atoms with E-state index in [-0.39, 0.29) is 17.7 Å². The molecule has 2 aromatic carbocycles. The van der Waals surface area contributed by atoms with Gasteiger partial charge in [-0.25, -0.2) is 0 Å². The number of Topliss-reactive ketones (excluding diaryl/α,β-unsaturated/α-hetero) is 1. The van der Waals surface area contributed by atoms with Crippen molar-refractivity contribution in [3.63, 3.8) is 0 Å². The zero-order chi connectivity index (χ0) is 15.4. The molecule has 22 heavy (non-hydrogen) atoms. The third kappa shape index (κ3) is 3.42. The molecule has 0 aliphatic heterocycles. The van der Waals surface area contributed by atoms with E-state index in [0.29, 0.717) is 19.3 Å². The van der Waals surface area contributed by atoms with Gasteiger partial charge in [-0.3, -0.25) is 9.59 Å². The summed E-state index contributed by atoms with van der Waals surface area (Å²) >= 11 is 0. The second-order valence-electron chi connectivity index (χ2n) is 5.69. The third-order valence-electron chi connectivity index (χ3n) is 4.11. The zero-order valence-corrected chi connectivity index (χ0v) is 12.4. The molecule has 3 rings (SSSR count). The van der Waals surface area contributed by atoms with E-state index in [1.165, 1.54) is 11.1 Å². The number of hydrogen-bond acceptors (Lipinski definition) is 2. The molecule has 1 aliphatic rings. The van der Waals surface area contributed by atoms with Crippen molar-refractivity contribution in [2.75, 3.05) is 0 Å². The van der Waals surface area contributed by atoms with Gasteiger partial charge in [0, 0.05) is 12.8 Å². The first-order chi connectivity index (χ1) is 10.7. The molecule has 0 unspecified atom stereocenters. The first-order valence-corrected chi connectivity index (χ1v) is 7.69. The second kappa shape index (κ2) is 6.56. The molecule has 1 saturated carbocycles. The van der Waals surface area contributed by atoms with Crippen LogP contribution < -0.4 is 5.32 Å². The maximum Gasteiger partial charge on any atom is 0.220 e. The quantitative estimate of drug-likeness (QED) is 0.920. The Hall–Kier alpha value is -2.42. The fourth-order valence-corrected chi connectivity index (χ4v) is 2.58. The number of rotatable bonds is 5. The van der Waals surface area contributed by atoms with Crippen molar-refractivity contribution in [3.05, 3.63) is 60.2 Å². The van der Waals surface area contributed by atoms with Crippen LogP contribution in [0.15, 0.2) is 54.6 Å². The van der Waals surface area contributed by atoms with Gasteiger partial charge in [0.05, 0.1) is 6.04 Å². The van der Waals surface area contributed by atoms with Crippen molar-refractivity contribution in [1.29, 1.82) is 0 Å². The molecule has 2 aromatic rings. The van der Waals surface area contributed by atoms with Crippen LogP contribution in [0.1, 0.15) is 24.8 Å². The van der Waals surface area contributed by atoms with E-state index in [9.17, 15) is 9.59 Å². The molecule has 0 bridgehead atoms. The van der Waals surface area contributed by atoms with E-state index < -0.39 is 0 Å². The summed E-state index contributed by atoms with van der Waals surface area (Å²) in [7, 11) is 0. The van der Waals surface area contributed by atoms with E-state index >= 15 is 0 Å².